The van der Waals surface area contributed by atoms with Crippen molar-refractivity contribution in [2.75, 3.05) is 0 Å². The predicted molar refractivity (Wildman–Crippen MR) is 214 cm³/mol. The maximum Gasteiger partial charge on any atom is 0.309 e. The van der Waals surface area contributed by atoms with Gasteiger partial charge in [-0.05, 0) is 141 Å². The third kappa shape index (κ3) is 5.24. The fourth-order valence-electron chi connectivity index (χ4n) is 16.0. The molecule has 7 aliphatic carbocycles. The molecule has 0 saturated heterocycles. The fourth-order valence-corrected chi connectivity index (χ4v) is 16.0. The second-order valence-corrected chi connectivity index (χ2v) is 22.9. The molecule has 14 atom stereocenters. The number of hydrogen-bond acceptors (Lipinski definition) is 7. The molecular formula is C47H71N3O6. The van der Waals surface area contributed by atoms with Crippen LogP contribution in [0.5, 0.6) is 0 Å². The Morgan fingerprint density at radius 1 is 0.786 bits per heavy atom. The van der Waals surface area contributed by atoms with E-state index in [1.54, 1.807) is 0 Å². The Kier molecular flexibility index (Phi) is 9.05. The number of carboxylic acids is 1. The second kappa shape index (κ2) is 12.6. The van der Waals surface area contributed by atoms with Gasteiger partial charge in [-0.3, -0.25) is 14.4 Å². The molecule has 1 amide bonds. The molecule has 7 aliphatic rings. The summed E-state index contributed by atoms with van der Waals surface area (Å²) in [5.41, 5.74) is 0.290. The highest BCUT2D eigenvalue weighted by Crippen LogP contribution is 2.78. The second-order valence-electron chi connectivity index (χ2n) is 22.9. The van der Waals surface area contributed by atoms with Crippen molar-refractivity contribution < 1.29 is 28.6 Å². The monoisotopic (exact) mass is 774 g/mol. The highest BCUT2D eigenvalue weighted by atomic mass is 16.5. The summed E-state index contributed by atoms with van der Waals surface area (Å²) in [5, 5.41) is 21.8. The van der Waals surface area contributed by atoms with Crippen molar-refractivity contribution in [3.63, 3.8) is 0 Å². The average Bonchev–Trinajstić information content (AvgIpc) is 3.71. The summed E-state index contributed by atoms with van der Waals surface area (Å²) in [4.78, 5) is 40.4. The molecule has 1 heterocycles. The van der Waals surface area contributed by atoms with Crippen LogP contribution in [0.15, 0.2) is 16.6 Å². The standard InChI is InChI=1S/C47H71N3O6/c1-25(2)27-15-20-47(40(54)48-34-24-29(42(34,6)7)37-50-49-26(3)55-37)22-21-45(11)28(36(27)47)13-14-33-44(10)18-17-35(43(8,9)32(44)16-19-46(33,45)12)56-39(53)31-23-30(38(51)52)41(31,4)5/h27-36H,1,13-24H2,2-12H3,(H,48,54)(H,51,52)/t27-,28+,29+,30-,31+,32-,33+,34+,35-,36+,44-,45+,46+,47-/m0/s1. The van der Waals surface area contributed by atoms with E-state index in [0.717, 1.165) is 64.2 Å². The van der Waals surface area contributed by atoms with Gasteiger partial charge >= 0.3 is 11.9 Å². The van der Waals surface area contributed by atoms with E-state index in [9.17, 15) is 19.5 Å². The molecule has 0 unspecified atom stereocenters. The molecule has 310 valence electrons. The molecule has 1 aromatic rings. The van der Waals surface area contributed by atoms with Crippen LogP contribution in [-0.2, 0) is 19.1 Å². The van der Waals surface area contributed by atoms with E-state index in [-0.39, 0.29) is 68.3 Å². The summed E-state index contributed by atoms with van der Waals surface area (Å²) < 4.78 is 12.3. The van der Waals surface area contributed by atoms with Crippen molar-refractivity contribution >= 4 is 17.8 Å². The van der Waals surface area contributed by atoms with Crippen LogP contribution in [0.1, 0.15) is 164 Å². The van der Waals surface area contributed by atoms with Gasteiger partial charge in [0.25, 0.3) is 0 Å². The summed E-state index contributed by atoms with van der Waals surface area (Å²) in [7, 11) is 0. The highest BCUT2D eigenvalue weighted by Gasteiger charge is 2.72. The van der Waals surface area contributed by atoms with Gasteiger partial charge in [-0.1, -0.05) is 74.5 Å². The van der Waals surface area contributed by atoms with Crippen LogP contribution in [0.3, 0.4) is 0 Å². The SMILES string of the molecule is C=C(C)[C@@H]1CC[C@]2(C(=O)N[C@@H]3C[C@H](c4nnc(C)o4)C3(C)C)CC[C@]3(C)[C@H](CC[C@@H]4[C@@]5(C)CC[C@H](OC(=O)[C@H]6C[C@@H](C(=O)O)C6(C)C)C(C)(C)[C@@H]5CC[C@]43C)[C@@H]12. The van der Waals surface area contributed by atoms with E-state index in [4.69, 9.17) is 9.15 Å². The Bertz CT molecular complexity index is 1810. The Labute approximate surface area is 335 Å². The van der Waals surface area contributed by atoms with Crippen LogP contribution in [-0.4, -0.2) is 45.3 Å². The predicted octanol–water partition coefficient (Wildman–Crippen LogP) is 9.69. The van der Waals surface area contributed by atoms with Crippen LogP contribution in [0.25, 0.3) is 0 Å². The van der Waals surface area contributed by atoms with E-state index in [1.165, 1.54) is 12.0 Å². The molecule has 7 fully saturated rings. The number of carbonyl (C=O) groups is 3. The molecule has 9 nitrogen and oxygen atoms in total. The zero-order valence-corrected chi connectivity index (χ0v) is 36.3. The van der Waals surface area contributed by atoms with Crippen LogP contribution in [0, 0.1) is 86.3 Å². The Morgan fingerprint density at radius 3 is 2.11 bits per heavy atom. The van der Waals surface area contributed by atoms with Gasteiger partial charge in [0.2, 0.25) is 17.7 Å². The number of nitrogens with one attached hydrogen (secondary N) is 1. The maximum atomic E-state index is 15.0. The number of aromatic nitrogens is 2. The van der Waals surface area contributed by atoms with Gasteiger partial charge in [-0.15, -0.1) is 10.2 Å². The summed E-state index contributed by atoms with van der Waals surface area (Å²) in [6.45, 7) is 29.4. The average molecular weight is 774 g/mol. The van der Waals surface area contributed by atoms with Crippen molar-refractivity contribution in [2.45, 2.75) is 171 Å². The van der Waals surface area contributed by atoms with Crippen LogP contribution < -0.4 is 5.32 Å². The topological polar surface area (TPSA) is 132 Å². The number of nitrogens with zero attached hydrogens (tertiary/aromatic N) is 2. The van der Waals surface area contributed by atoms with Gasteiger partial charge in [-0.2, -0.15) is 0 Å². The molecule has 0 spiro atoms. The minimum atomic E-state index is -0.819. The normalized spacial score (nSPS) is 46.7. The number of allylic oxidation sites excluding steroid dienone is 1. The van der Waals surface area contributed by atoms with Crippen molar-refractivity contribution in [1.82, 2.24) is 15.5 Å². The van der Waals surface area contributed by atoms with Gasteiger partial charge in [0.15, 0.2) is 0 Å². The molecular weight excluding hydrogens is 703 g/mol. The molecule has 0 aliphatic heterocycles. The number of fused-ring (bicyclic) bond motifs is 7. The van der Waals surface area contributed by atoms with E-state index in [2.05, 4.69) is 77.5 Å². The third-order valence-corrected chi connectivity index (χ3v) is 20.0. The van der Waals surface area contributed by atoms with Gasteiger partial charge in [0.05, 0.1) is 17.3 Å². The molecule has 7 saturated carbocycles. The lowest BCUT2D eigenvalue weighted by Gasteiger charge is -2.73. The molecule has 56 heavy (non-hydrogen) atoms. The summed E-state index contributed by atoms with van der Waals surface area (Å²) >= 11 is 0. The van der Waals surface area contributed by atoms with Crippen molar-refractivity contribution in [3.05, 3.63) is 23.9 Å². The molecule has 2 N–H and O–H groups in total. The fraction of sp³-hybridized carbons (Fsp3) is 0.851. The zero-order valence-electron chi connectivity index (χ0n) is 36.3. The summed E-state index contributed by atoms with van der Waals surface area (Å²) in [6, 6.07) is 0.0718. The number of carboxylic acid groups (broad SMARTS) is 1. The molecule has 0 radical (unpaired) electrons. The molecule has 1 aromatic heterocycles. The van der Waals surface area contributed by atoms with E-state index >= 15 is 0 Å². The lowest BCUT2D eigenvalue weighted by atomic mass is 9.32. The first kappa shape index (κ1) is 40.1. The first-order chi connectivity index (χ1) is 26.0. The minimum absolute atomic E-state index is 0.0718. The third-order valence-electron chi connectivity index (χ3n) is 20.0. The first-order valence-electron chi connectivity index (χ1n) is 22.2. The summed E-state index contributed by atoms with van der Waals surface area (Å²) in [5.74, 6) is 1.89. The molecule has 0 bridgehead atoms. The van der Waals surface area contributed by atoms with Gasteiger partial charge in [0.1, 0.15) is 6.10 Å². The lowest BCUT2D eigenvalue weighted by molar-refractivity contribution is -0.251. The quantitative estimate of drug-likeness (QED) is 0.207. The Hall–Kier alpha value is -2.71. The number of esters is 1. The lowest BCUT2D eigenvalue weighted by Crippen LogP contribution is -2.68. The van der Waals surface area contributed by atoms with Crippen LogP contribution >= 0.6 is 0 Å². The van der Waals surface area contributed by atoms with Gasteiger partial charge in [-0.25, -0.2) is 0 Å². The molecule has 9 heteroatoms. The van der Waals surface area contributed by atoms with Crippen molar-refractivity contribution in [3.8, 4) is 0 Å². The van der Waals surface area contributed by atoms with Gasteiger partial charge < -0.3 is 19.6 Å². The number of aryl methyl sites for hydroxylation is 1. The zero-order chi connectivity index (χ0) is 40.8. The molecule has 0 aromatic carbocycles. The minimum Gasteiger partial charge on any atom is -0.481 e. The van der Waals surface area contributed by atoms with Crippen molar-refractivity contribution in [2.24, 2.45) is 79.3 Å². The highest BCUT2D eigenvalue weighted by molar-refractivity contribution is 5.84. The van der Waals surface area contributed by atoms with E-state index in [0.29, 0.717) is 47.8 Å². The smallest absolute Gasteiger partial charge is 0.309 e. The summed E-state index contributed by atoms with van der Waals surface area (Å²) in [6.07, 6.45) is 11.5. The number of rotatable bonds is 7. The van der Waals surface area contributed by atoms with Crippen LogP contribution in [0.2, 0.25) is 0 Å². The maximum absolute atomic E-state index is 15.0. The first-order valence-corrected chi connectivity index (χ1v) is 22.2. The Morgan fingerprint density at radius 2 is 1.50 bits per heavy atom. The Balaban J connectivity index is 1.02. The van der Waals surface area contributed by atoms with Gasteiger partial charge in [0, 0.05) is 24.3 Å². The van der Waals surface area contributed by atoms with Crippen LogP contribution in [0.4, 0.5) is 0 Å². The van der Waals surface area contributed by atoms with Crippen molar-refractivity contribution in [1.29, 1.82) is 0 Å². The number of ether oxygens (including phenoxy) is 1. The molecule has 8 rings (SSSR count). The number of hydrogen-bond donors (Lipinski definition) is 2. The number of amides is 1. The largest absolute Gasteiger partial charge is 0.481 e. The van der Waals surface area contributed by atoms with E-state index < -0.39 is 17.3 Å². The number of aliphatic carboxylic acids is 1. The number of carbonyl (C=O) groups excluding carboxylic acids is 2. The van der Waals surface area contributed by atoms with E-state index in [1.807, 2.05) is 20.8 Å².